The van der Waals surface area contributed by atoms with Gasteiger partial charge in [0.15, 0.2) is 12.3 Å². The highest BCUT2D eigenvalue weighted by Crippen LogP contribution is 2.14. The Kier molecular flexibility index (Phi) is 5.08. The van der Waals surface area contributed by atoms with Gasteiger partial charge in [0.05, 0.1) is 6.20 Å². The molecule has 8 heteroatoms. The summed E-state index contributed by atoms with van der Waals surface area (Å²) in [6, 6.07) is 5.62. The second-order valence-electron chi connectivity index (χ2n) is 5.45. The lowest BCUT2D eigenvalue weighted by Gasteiger charge is -2.14. The predicted octanol–water partition coefficient (Wildman–Crippen LogP) is 2.43. The smallest absolute Gasteiger partial charge is 0.275 e. The molecule has 1 amide bonds. The number of carbonyl (C=O) groups is 1. The number of hydrogen-bond acceptors (Lipinski definition) is 5. The molecule has 0 aliphatic rings. The van der Waals surface area contributed by atoms with Crippen LogP contribution in [0.4, 0.5) is 4.39 Å². The summed E-state index contributed by atoms with van der Waals surface area (Å²) in [6.45, 7) is 0.588. The average Bonchev–Trinajstić information content (AvgIpc) is 3.30. The molecule has 0 bridgehead atoms. The number of H-pyrrole nitrogens is 1. The van der Waals surface area contributed by atoms with Gasteiger partial charge in [-0.25, -0.2) is 9.37 Å². The van der Waals surface area contributed by atoms with E-state index in [0.29, 0.717) is 18.7 Å². The number of likely N-dealkylation sites (N-methyl/N-ethyl adjacent to an activating group) is 1. The summed E-state index contributed by atoms with van der Waals surface area (Å²) in [7, 11) is 1.70. The molecule has 25 heavy (non-hydrogen) atoms. The Balaban J connectivity index is 1.52. The Morgan fingerprint density at radius 2 is 2.16 bits per heavy atom. The van der Waals surface area contributed by atoms with Crippen molar-refractivity contribution in [3.63, 3.8) is 0 Å². The number of amides is 1. The van der Waals surface area contributed by atoms with Crippen LogP contribution in [0.15, 0.2) is 47.3 Å². The van der Waals surface area contributed by atoms with Crippen molar-refractivity contribution in [1.82, 2.24) is 20.1 Å². The monoisotopic (exact) mass is 344 g/mol. The maximum absolute atomic E-state index is 12.8. The number of aromatic nitrogens is 3. The topological polar surface area (TPSA) is 84.2 Å². The zero-order valence-electron chi connectivity index (χ0n) is 13.6. The quantitative estimate of drug-likeness (QED) is 0.712. The fraction of sp³-hybridized carbons (Fsp3) is 0.235. The molecule has 0 radical (unpaired) electrons. The fourth-order valence-corrected chi connectivity index (χ4v) is 2.16. The third kappa shape index (κ3) is 4.43. The van der Waals surface area contributed by atoms with Crippen LogP contribution in [-0.2, 0) is 13.0 Å². The first-order valence-corrected chi connectivity index (χ1v) is 7.67. The van der Waals surface area contributed by atoms with Gasteiger partial charge in [0.25, 0.3) is 5.91 Å². The number of nitrogens with zero attached hydrogens (tertiary/aromatic N) is 3. The van der Waals surface area contributed by atoms with Gasteiger partial charge < -0.3 is 14.1 Å². The van der Waals surface area contributed by atoms with E-state index in [1.807, 2.05) is 0 Å². The maximum Gasteiger partial charge on any atom is 0.275 e. The second kappa shape index (κ2) is 7.61. The highest BCUT2D eigenvalue weighted by atomic mass is 19.1. The number of nitrogens with one attached hydrogen (secondary N) is 1. The standard InChI is InChI=1S/C17H17FN4O3/c1-22(7-6-12-8-19-20-9-12)17(23)15-10-25-16(21-15)11-24-14-4-2-13(18)3-5-14/h2-5,8-10H,6-7,11H2,1H3,(H,19,20). The van der Waals surface area contributed by atoms with Crippen LogP contribution in [0.1, 0.15) is 21.9 Å². The van der Waals surface area contributed by atoms with Gasteiger partial charge in [0.2, 0.25) is 5.89 Å². The van der Waals surface area contributed by atoms with Crippen molar-refractivity contribution in [1.29, 1.82) is 0 Å². The molecule has 1 aromatic carbocycles. The highest BCUT2D eigenvalue weighted by molar-refractivity contribution is 5.91. The van der Waals surface area contributed by atoms with Gasteiger partial charge in [-0.2, -0.15) is 5.10 Å². The molecular formula is C17H17FN4O3. The molecule has 0 aliphatic heterocycles. The van der Waals surface area contributed by atoms with Crippen LogP contribution < -0.4 is 4.74 Å². The number of hydrogen-bond donors (Lipinski definition) is 1. The van der Waals surface area contributed by atoms with Crippen LogP contribution in [0.25, 0.3) is 0 Å². The third-order valence-electron chi connectivity index (χ3n) is 3.58. The lowest BCUT2D eigenvalue weighted by Crippen LogP contribution is -2.29. The number of carbonyl (C=O) groups excluding carboxylic acids is 1. The Hall–Kier alpha value is -3.16. The number of ether oxygens (including phenoxy) is 1. The van der Waals surface area contributed by atoms with E-state index in [-0.39, 0.29) is 29.9 Å². The van der Waals surface area contributed by atoms with Crippen LogP contribution in [0.5, 0.6) is 5.75 Å². The van der Waals surface area contributed by atoms with Crippen molar-refractivity contribution in [3.05, 3.63) is 65.9 Å². The minimum Gasteiger partial charge on any atom is -0.484 e. The van der Waals surface area contributed by atoms with Gasteiger partial charge in [0.1, 0.15) is 17.8 Å². The molecule has 0 unspecified atom stereocenters. The van der Waals surface area contributed by atoms with Crippen LogP contribution in [0, 0.1) is 5.82 Å². The van der Waals surface area contributed by atoms with Gasteiger partial charge in [-0.1, -0.05) is 0 Å². The van der Waals surface area contributed by atoms with E-state index in [4.69, 9.17) is 9.15 Å². The molecule has 0 atom stereocenters. The summed E-state index contributed by atoms with van der Waals surface area (Å²) in [5.41, 5.74) is 1.24. The molecule has 1 N–H and O–H groups in total. The Morgan fingerprint density at radius 1 is 1.36 bits per heavy atom. The molecule has 0 aliphatic carbocycles. The first-order chi connectivity index (χ1) is 12.1. The zero-order chi connectivity index (χ0) is 17.6. The van der Waals surface area contributed by atoms with E-state index >= 15 is 0 Å². The van der Waals surface area contributed by atoms with Crippen LogP contribution in [0.3, 0.4) is 0 Å². The Bertz CT molecular complexity index is 815. The SMILES string of the molecule is CN(CCc1cn[nH]c1)C(=O)c1coc(COc2ccc(F)cc2)n1. The number of benzene rings is 1. The molecule has 3 aromatic rings. The summed E-state index contributed by atoms with van der Waals surface area (Å²) in [5.74, 6) is 0.190. The summed E-state index contributed by atoms with van der Waals surface area (Å²) in [6.07, 6.45) is 5.51. The maximum atomic E-state index is 12.8. The molecule has 0 spiro atoms. The van der Waals surface area contributed by atoms with Gasteiger partial charge >= 0.3 is 0 Å². The van der Waals surface area contributed by atoms with Crippen molar-refractivity contribution < 1.29 is 18.3 Å². The first-order valence-electron chi connectivity index (χ1n) is 7.67. The van der Waals surface area contributed by atoms with Gasteiger partial charge in [-0.05, 0) is 36.2 Å². The van der Waals surface area contributed by atoms with E-state index in [2.05, 4.69) is 15.2 Å². The van der Waals surface area contributed by atoms with E-state index < -0.39 is 0 Å². The summed E-state index contributed by atoms with van der Waals surface area (Å²) in [4.78, 5) is 18.0. The molecule has 2 heterocycles. The van der Waals surface area contributed by atoms with Crippen LogP contribution in [-0.4, -0.2) is 39.6 Å². The molecule has 3 rings (SSSR count). The lowest BCUT2D eigenvalue weighted by molar-refractivity contribution is 0.0790. The minimum absolute atomic E-state index is 0.0532. The van der Waals surface area contributed by atoms with Crippen LogP contribution in [0.2, 0.25) is 0 Å². The number of oxazole rings is 1. The fourth-order valence-electron chi connectivity index (χ4n) is 2.16. The minimum atomic E-state index is -0.338. The van der Waals surface area contributed by atoms with Crippen molar-refractivity contribution in [2.24, 2.45) is 0 Å². The van der Waals surface area contributed by atoms with Crippen LogP contribution >= 0.6 is 0 Å². The molecule has 0 fully saturated rings. The number of halogens is 1. The van der Waals surface area contributed by atoms with Crippen molar-refractivity contribution in [3.8, 4) is 5.75 Å². The highest BCUT2D eigenvalue weighted by Gasteiger charge is 2.17. The largest absolute Gasteiger partial charge is 0.484 e. The normalized spacial score (nSPS) is 10.6. The summed E-state index contributed by atoms with van der Waals surface area (Å²) >= 11 is 0. The summed E-state index contributed by atoms with van der Waals surface area (Å²) < 4.78 is 23.5. The summed E-state index contributed by atoms with van der Waals surface area (Å²) in [5, 5.41) is 6.60. The van der Waals surface area contributed by atoms with Crippen molar-refractivity contribution in [2.75, 3.05) is 13.6 Å². The number of rotatable bonds is 7. The molecule has 130 valence electrons. The molecule has 0 saturated heterocycles. The van der Waals surface area contributed by atoms with Crippen molar-refractivity contribution in [2.45, 2.75) is 13.0 Å². The third-order valence-corrected chi connectivity index (χ3v) is 3.58. The van der Waals surface area contributed by atoms with E-state index in [9.17, 15) is 9.18 Å². The van der Waals surface area contributed by atoms with E-state index in [0.717, 1.165) is 5.56 Å². The van der Waals surface area contributed by atoms with E-state index in [1.165, 1.54) is 30.5 Å². The van der Waals surface area contributed by atoms with Gasteiger partial charge in [0, 0.05) is 19.8 Å². The average molecular weight is 344 g/mol. The van der Waals surface area contributed by atoms with Gasteiger partial charge in [-0.15, -0.1) is 0 Å². The lowest BCUT2D eigenvalue weighted by atomic mass is 10.2. The van der Waals surface area contributed by atoms with Crippen molar-refractivity contribution >= 4 is 5.91 Å². The number of aromatic amines is 1. The molecule has 2 aromatic heterocycles. The first kappa shape index (κ1) is 16.7. The second-order valence-corrected chi connectivity index (χ2v) is 5.45. The Morgan fingerprint density at radius 3 is 2.88 bits per heavy atom. The molecule has 7 nitrogen and oxygen atoms in total. The predicted molar refractivity (Wildman–Crippen MR) is 86.5 cm³/mol. The molecule has 0 saturated carbocycles. The molecular weight excluding hydrogens is 327 g/mol. The Labute approximate surface area is 143 Å². The van der Waals surface area contributed by atoms with Gasteiger partial charge in [-0.3, -0.25) is 9.89 Å². The zero-order valence-corrected chi connectivity index (χ0v) is 13.6. The van der Waals surface area contributed by atoms with E-state index in [1.54, 1.807) is 24.3 Å².